The molecule has 0 saturated heterocycles. The maximum atomic E-state index is 12.1. The predicted molar refractivity (Wildman–Crippen MR) is 77.4 cm³/mol. The first-order valence-electron chi connectivity index (χ1n) is 6.54. The molecule has 8 heteroatoms. The van der Waals surface area contributed by atoms with Gasteiger partial charge in [0.1, 0.15) is 18.2 Å². The fraction of sp³-hybridized carbons (Fsp3) is 0.143. The van der Waals surface area contributed by atoms with Crippen molar-refractivity contribution in [2.45, 2.75) is 6.92 Å². The summed E-state index contributed by atoms with van der Waals surface area (Å²) in [5.74, 6) is -0.153. The summed E-state index contributed by atoms with van der Waals surface area (Å²) >= 11 is 0. The van der Waals surface area contributed by atoms with Crippen molar-refractivity contribution in [1.29, 1.82) is 0 Å². The lowest BCUT2D eigenvalue weighted by Crippen LogP contribution is -2.26. The lowest BCUT2D eigenvalue weighted by Gasteiger charge is -2.07. The summed E-state index contributed by atoms with van der Waals surface area (Å²) < 4.78 is 11.9. The van der Waals surface area contributed by atoms with E-state index in [9.17, 15) is 9.59 Å². The number of para-hydroxylation sites is 1. The van der Waals surface area contributed by atoms with Crippen molar-refractivity contribution in [1.82, 2.24) is 14.9 Å². The average Bonchev–Trinajstić information content (AvgIpc) is 3.00. The largest absolute Gasteiger partial charge is 0.490 e. The number of hydrogen-bond acceptors (Lipinski definition) is 6. The zero-order valence-electron chi connectivity index (χ0n) is 11.6. The van der Waals surface area contributed by atoms with Crippen LogP contribution in [0.25, 0.3) is 11.0 Å². The van der Waals surface area contributed by atoms with Gasteiger partial charge in [0.15, 0.2) is 11.3 Å². The molecule has 2 heterocycles. The van der Waals surface area contributed by atoms with Crippen molar-refractivity contribution in [2.24, 2.45) is 0 Å². The van der Waals surface area contributed by atoms with Crippen LogP contribution in [0.1, 0.15) is 17.3 Å². The van der Waals surface area contributed by atoms with Crippen LogP contribution in [0.4, 0.5) is 0 Å². The van der Waals surface area contributed by atoms with Crippen molar-refractivity contribution >= 4 is 16.9 Å². The number of nitrogens with zero attached hydrogens (tertiary/aromatic N) is 3. The van der Waals surface area contributed by atoms with Gasteiger partial charge in [-0.3, -0.25) is 10.2 Å². The summed E-state index contributed by atoms with van der Waals surface area (Å²) in [6.45, 7) is 2.27. The number of fused-ring (bicyclic) bond motifs is 1. The van der Waals surface area contributed by atoms with Crippen LogP contribution in [0, 0.1) is 0 Å². The van der Waals surface area contributed by atoms with Gasteiger partial charge < -0.3 is 9.15 Å². The molecule has 0 atom stereocenters. The Morgan fingerprint density at radius 3 is 2.86 bits per heavy atom. The molecule has 0 aliphatic heterocycles. The standard InChI is InChI=1S/C14H12N4O4/c1-2-21-11-5-3-4-9-6-10(14(20)22-12(9)11)13(19)17-18-7-15-16-8-18/h3-8H,2H2,1H3,(H,17,19). The van der Waals surface area contributed by atoms with Gasteiger partial charge in [-0.25, -0.2) is 9.47 Å². The van der Waals surface area contributed by atoms with E-state index in [-0.39, 0.29) is 5.56 Å². The van der Waals surface area contributed by atoms with Gasteiger partial charge in [-0.2, -0.15) is 0 Å². The van der Waals surface area contributed by atoms with E-state index in [2.05, 4.69) is 15.6 Å². The van der Waals surface area contributed by atoms with Crippen molar-refractivity contribution in [2.75, 3.05) is 12.0 Å². The molecule has 0 spiro atoms. The molecule has 2 aromatic heterocycles. The van der Waals surface area contributed by atoms with Gasteiger partial charge in [0.25, 0.3) is 5.91 Å². The van der Waals surface area contributed by atoms with E-state index < -0.39 is 11.5 Å². The van der Waals surface area contributed by atoms with Gasteiger partial charge in [-0.05, 0) is 19.1 Å². The first kappa shape index (κ1) is 13.8. The summed E-state index contributed by atoms with van der Waals surface area (Å²) in [5.41, 5.74) is 1.90. The molecule has 0 aliphatic rings. The SMILES string of the molecule is CCOc1cccc2cc(C(=O)Nn3cnnc3)c(=O)oc12. The number of nitrogens with one attached hydrogen (secondary N) is 1. The van der Waals surface area contributed by atoms with Crippen molar-refractivity contribution in [3.05, 3.63) is 52.9 Å². The normalized spacial score (nSPS) is 10.6. The average molecular weight is 300 g/mol. The molecule has 22 heavy (non-hydrogen) atoms. The van der Waals surface area contributed by atoms with Gasteiger partial charge in [0.2, 0.25) is 0 Å². The Bertz CT molecular complexity index is 870. The molecular formula is C14H12N4O4. The maximum Gasteiger partial charge on any atom is 0.349 e. The predicted octanol–water partition coefficient (Wildman–Crippen LogP) is 1.17. The van der Waals surface area contributed by atoms with Crippen molar-refractivity contribution < 1.29 is 13.9 Å². The number of carbonyl (C=O) groups excluding carboxylic acids is 1. The third-order valence-corrected chi connectivity index (χ3v) is 2.92. The third-order valence-electron chi connectivity index (χ3n) is 2.92. The van der Waals surface area contributed by atoms with Crippen molar-refractivity contribution in [3.63, 3.8) is 0 Å². The third kappa shape index (κ3) is 2.53. The Morgan fingerprint density at radius 1 is 1.36 bits per heavy atom. The fourth-order valence-electron chi connectivity index (χ4n) is 1.98. The Hall–Kier alpha value is -3.16. The van der Waals surface area contributed by atoms with Gasteiger partial charge in [-0.1, -0.05) is 12.1 Å². The molecule has 1 amide bonds. The molecule has 1 aromatic carbocycles. The van der Waals surface area contributed by atoms with E-state index in [4.69, 9.17) is 9.15 Å². The van der Waals surface area contributed by atoms with Crippen LogP contribution in [0.5, 0.6) is 5.75 Å². The van der Waals surface area contributed by atoms with E-state index in [1.165, 1.54) is 23.4 Å². The summed E-state index contributed by atoms with van der Waals surface area (Å²) in [5, 5.41) is 7.70. The molecule has 1 N–H and O–H groups in total. The van der Waals surface area contributed by atoms with Gasteiger partial charge >= 0.3 is 5.63 Å². The zero-order valence-corrected chi connectivity index (χ0v) is 11.6. The molecule has 0 unspecified atom stereocenters. The lowest BCUT2D eigenvalue weighted by molar-refractivity contribution is 0.100. The number of benzene rings is 1. The van der Waals surface area contributed by atoms with Crippen molar-refractivity contribution in [3.8, 4) is 5.75 Å². The first-order valence-corrected chi connectivity index (χ1v) is 6.54. The minimum Gasteiger partial charge on any atom is -0.490 e. The molecule has 112 valence electrons. The Balaban J connectivity index is 2.02. The topological polar surface area (TPSA) is 99.2 Å². The summed E-state index contributed by atoms with van der Waals surface area (Å²) in [7, 11) is 0. The molecule has 3 rings (SSSR count). The highest BCUT2D eigenvalue weighted by Gasteiger charge is 2.15. The number of amides is 1. The van der Waals surface area contributed by atoms with E-state index in [1.807, 2.05) is 6.92 Å². The minimum absolute atomic E-state index is 0.116. The second kappa shape index (κ2) is 5.68. The number of carbonyl (C=O) groups is 1. The molecule has 8 nitrogen and oxygen atoms in total. The van der Waals surface area contributed by atoms with Crippen LogP contribution in [-0.4, -0.2) is 27.4 Å². The maximum absolute atomic E-state index is 12.1. The van der Waals surface area contributed by atoms with Gasteiger partial charge in [0, 0.05) is 5.39 Å². The number of rotatable bonds is 4. The molecule has 0 aliphatic carbocycles. The smallest absolute Gasteiger partial charge is 0.349 e. The first-order chi connectivity index (χ1) is 10.7. The Kier molecular flexibility index (Phi) is 3.57. The number of ether oxygens (including phenoxy) is 1. The van der Waals surface area contributed by atoms with Gasteiger partial charge in [0.05, 0.1) is 6.61 Å². The molecule has 0 bridgehead atoms. The van der Waals surface area contributed by atoms with Crippen LogP contribution in [0.3, 0.4) is 0 Å². The summed E-state index contributed by atoms with van der Waals surface area (Å²) in [4.78, 5) is 24.1. The monoisotopic (exact) mass is 300 g/mol. The van der Waals surface area contributed by atoms with Crippen LogP contribution in [-0.2, 0) is 0 Å². The zero-order chi connectivity index (χ0) is 15.5. The molecule has 0 fully saturated rings. The summed E-state index contributed by atoms with van der Waals surface area (Å²) in [6.07, 6.45) is 2.60. The molecule has 0 saturated carbocycles. The Labute approximate surface area is 124 Å². The van der Waals surface area contributed by atoms with E-state index in [0.717, 1.165) is 0 Å². The van der Waals surface area contributed by atoms with Crippen LogP contribution in [0.2, 0.25) is 0 Å². The molecular weight excluding hydrogens is 288 g/mol. The highest BCUT2D eigenvalue weighted by molar-refractivity contribution is 6.01. The second-order valence-corrected chi connectivity index (χ2v) is 4.37. The fourth-order valence-corrected chi connectivity index (χ4v) is 1.98. The highest BCUT2D eigenvalue weighted by Crippen LogP contribution is 2.24. The lowest BCUT2D eigenvalue weighted by atomic mass is 10.1. The second-order valence-electron chi connectivity index (χ2n) is 4.37. The van der Waals surface area contributed by atoms with Crippen LogP contribution < -0.4 is 15.8 Å². The number of aromatic nitrogens is 3. The number of hydrogen-bond donors (Lipinski definition) is 1. The van der Waals surface area contributed by atoms with Crippen LogP contribution >= 0.6 is 0 Å². The quantitative estimate of drug-likeness (QED) is 0.726. The van der Waals surface area contributed by atoms with E-state index in [1.54, 1.807) is 18.2 Å². The molecule has 3 aromatic rings. The van der Waals surface area contributed by atoms with Gasteiger partial charge in [-0.15, -0.1) is 10.2 Å². The Morgan fingerprint density at radius 2 is 2.14 bits per heavy atom. The molecule has 0 radical (unpaired) electrons. The van der Waals surface area contributed by atoms with E-state index >= 15 is 0 Å². The highest BCUT2D eigenvalue weighted by atomic mass is 16.5. The summed E-state index contributed by atoms with van der Waals surface area (Å²) in [6, 6.07) is 6.65. The van der Waals surface area contributed by atoms with Crippen LogP contribution in [0.15, 0.2) is 46.1 Å². The minimum atomic E-state index is -0.745. The van der Waals surface area contributed by atoms with E-state index in [0.29, 0.717) is 23.3 Å².